The molecule has 1 rings (SSSR count). The van der Waals surface area contributed by atoms with E-state index in [0.717, 1.165) is 6.42 Å². The van der Waals surface area contributed by atoms with E-state index in [2.05, 4.69) is 27.7 Å². The van der Waals surface area contributed by atoms with Crippen molar-refractivity contribution in [3.05, 3.63) is 0 Å². The molecule has 2 unspecified atom stereocenters. The Labute approximate surface area is 73.9 Å². The van der Waals surface area contributed by atoms with Gasteiger partial charge in [-0.2, -0.15) is 0 Å². The van der Waals surface area contributed by atoms with Gasteiger partial charge in [-0.15, -0.1) is 11.8 Å². The molecule has 0 aliphatic carbocycles. The first kappa shape index (κ1) is 9.40. The molecule has 1 heterocycles. The van der Waals surface area contributed by atoms with Crippen molar-refractivity contribution < 1.29 is 4.74 Å². The molecule has 2 heteroatoms. The molecule has 0 aromatic rings. The normalized spacial score (nSPS) is 37.1. The summed E-state index contributed by atoms with van der Waals surface area (Å²) in [6, 6.07) is 0. The molecular weight excluding hydrogens is 156 g/mol. The SMILES string of the molecule is CCC1OC(C)CC(C)(C)S1. The first-order valence-corrected chi connectivity index (χ1v) is 5.25. The van der Waals surface area contributed by atoms with E-state index in [-0.39, 0.29) is 0 Å². The molecule has 0 N–H and O–H groups in total. The lowest BCUT2D eigenvalue weighted by Crippen LogP contribution is -2.34. The molecule has 0 radical (unpaired) electrons. The van der Waals surface area contributed by atoms with Crippen LogP contribution < -0.4 is 0 Å². The van der Waals surface area contributed by atoms with Gasteiger partial charge in [0.05, 0.1) is 6.10 Å². The third-order valence-electron chi connectivity index (χ3n) is 1.95. The maximum atomic E-state index is 5.73. The van der Waals surface area contributed by atoms with Crippen LogP contribution in [-0.4, -0.2) is 16.3 Å². The third kappa shape index (κ3) is 2.68. The van der Waals surface area contributed by atoms with Crippen LogP contribution in [0.5, 0.6) is 0 Å². The van der Waals surface area contributed by atoms with E-state index < -0.39 is 0 Å². The zero-order valence-corrected chi connectivity index (χ0v) is 8.70. The predicted molar refractivity (Wildman–Crippen MR) is 50.9 cm³/mol. The quantitative estimate of drug-likeness (QED) is 0.604. The highest BCUT2D eigenvalue weighted by Gasteiger charge is 2.32. The highest BCUT2D eigenvalue weighted by Crippen LogP contribution is 2.40. The lowest BCUT2D eigenvalue weighted by atomic mass is 10.1. The average Bonchev–Trinajstić information content (AvgIpc) is 1.83. The van der Waals surface area contributed by atoms with Crippen molar-refractivity contribution in [3.63, 3.8) is 0 Å². The standard InChI is InChI=1S/C9H18OS/c1-5-8-10-7(2)6-9(3,4)11-8/h7-8H,5-6H2,1-4H3. The molecule has 1 aliphatic rings. The maximum absolute atomic E-state index is 5.73. The van der Waals surface area contributed by atoms with Crippen LogP contribution >= 0.6 is 11.8 Å². The molecule has 1 aliphatic heterocycles. The number of hydrogen-bond donors (Lipinski definition) is 0. The van der Waals surface area contributed by atoms with Crippen molar-refractivity contribution in [1.29, 1.82) is 0 Å². The van der Waals surface area contributed by atoms with E-state index in [1.165, 1.54) is 6.42 Å². The van der Waals surface area contributed by atoms with Gasteiger partial charge in [0, 0.05) is 4.75 Å². The molecule has 2 atom stereocenters. The summed E-state index contributed by atoms with van der Waals surface area (Å²) in [6.45, 7) is 8.97. The molecule has 0 spiro atoms. The van der Waals surface area contributed by atoms with Gasteiger partial charge in [-0.05, 0) is 19.8 Å². The van der Waals surface area contributed by atoms with Gasteiger partial charge >= 0.3 is 0 Å². The summed E-state index contributed by atoms with van der Waals surface area (Å²) >= 11 is 1.97. The molecular formula is C9H18OS. The monoisotopic (exact) mass is 174 g/mol. The van der Waals surface area contributed by atoms with Crippen LogP contribution in [0, 0.1) is 0 Å². The van der Waals surface area contributed by atoms with Crippen LogP contribution in [0.15, 0.2) is 0 Å². The van der Waals surface area contributed by atoms with Crippen LogP contribution in [0.25, 0.3) is 0 Å². The summed E-state index contributed by atoms with van der Waals surface area (Å²) in [7, 11) is 0. The van der Waals surface area contributed by atoms with Gasteiger partial charge in [-0.25, -0.2) is 0 Å². The van der Waals surface area contributed by atoms with Crippen molar-refractivity contribution in [2.75, 3.05) is 0 Å². The van der Waals surface area contributed by atoms with E-state index in [1.807, 2.05) is 11.8 Å². The fourth-order valence-electron chi connectivity index (χ4n) is 1.61. The Hall–Kier alpha value is 0.310. The maximum Gasteiger partial charge on any atom is 0.103 e. The Morgan fingerprint density at radius 1 is 1.55 bits per heavy atom. The van der Waals surface area contributed by atoms with Gasteiger partial charge in [-0.1, -0.05) is 20.8 Å². The van der Waals surface area contributed by atoms with Gasteiger partial charge in [0.1, 0.15) is 5.44 Å². The Morgan fingerprint density at radius 3 is 2.64 bits per heavy atom. The Morgan fingerprint density at radius 2 is 2.18 bits per heavy atom. The predicted octanol–water partition coefficient (Wildman–Crippen LogP) is 3.04. The highest BCUT2D eigenvalue weighted by molar-refractivity contribution is 8.01. The number of hydrogen-bond acceptors (Lipinski definition) is 2. The van der Waals surface area contributed by atoms with E-state index in [4.69, 9.17) is 4.74 Å². The fraction of sp³-hybridized carbons (Fsp3) is 1.00. The molecule has 66 valence electrons. The van der Waals surface area contributed by atoms with Gasteiger partial charge in [-0.3, -0.25) is 0 Å². The molecule has 0 bridgehead atoms. The van der Waals surface area contributed by atoms with E-state index in [9.17, 15) is 0 Å². The summed E-state index contributed by atoms with van der Waals surface area (Å²) in [4.78, 5) is 0. The lowest BCUT2D eigenvalue weighted by molar-refractivity contribution is 0.0236. The minimum absolute atomic E-state index is 0.415. The van der Waals surface area contributed by atoms with Gasteiger partial charge in [0.15, 0.2) is 0 Å². The number of rotatable bonds is 1. The second-order valence-corrected chi connectivity index (χ2v) is 5.73. The van der Waals surface area contributed by atoms with Gasteiger partial charge in [0.25, 0.3) is 0 Å². The van der Waals surface area contributed by atoms with Crippen LogP contribution in [-0.2, 0) is 4.74 Å². The van der Waals surface area contributed by atoms with E-state index in [1.54, 1.807) is 0 Å². The molecule has 11 heavy (non-hydrogen) atoms. The van der Waals surface area contributed by atoms with Crippen LogP contribution in [0.4, 0.5) is 0 Å². The molecule has 0 amide bonds. The van der Waals surface area contributed by atoms with Crippen molar-refractivity contribution in [2.24, 2.45) is 0 Å². The molecule has 0 saturated carbocycles. The topological polar surface area (TPSA) is 9.23 Å². The van der Waals surface area contributed by atoms with Gasteiger partial charge in [0.2, 0.25) is 0 Å². The molecule has 0 aromatic carbocycles. The number of ether oxygens (including phenoxy) is 1. The second kappa shape index (κ2) is 3.36. The Kier molecular flexibility index (Phi) is 2.87. The zero-order chi connectivity index (χ0) is 8.48. The first-order chi connectivity index (χ1) is 5.03. The van der Waals surface area contributed by atoms with E-state index >= 15 is 0 Å². The van der Waals surface area contributed by atoms with Crippen molar-refractivity contribution in [2.45, 2.75) is 56.8 Å². The van der Waals surface area contributed by atoms with E-state index in [0.29, 0.717) is 16.3 Å². The molecule has 1 nitrogen and oxygen atoms in total. The summed E-state index contributed by atoms with van der Waals surface area (Å²) in [5, 5.41) is 0. The van der Waals surface area contributed by atoms with Gasteiger partial charge < -0.3 is 4.74 Å². The minimum atomic E-state index is 0.415. The number of thioether (sulfide) groups is 1. The van der Waals surface area contributed by atoms with Crippen LogP contribution in [0.2, 0.25) is 0 Å². The Bertz CT molecular complexity index is 134. The highest BCUT2D eigenvalue weighted by atomic mass is 32.2. The zero-order valence-electron chi connectivity index (χ0n) is 7.89. The molecule has 1 fully saturated rings. The minimum Gasteiger partial charge on any atom is -0.365 e. The van der Waals surface area contributed by atoms with Crippen molar-refractivity contribution in [3.8, 4) is 0 Å². The largest absolute Gasteiger partial charge is 0.365 e. The average molecular weight is 174 g/mol. The lowest BCUT2D eigenvalue weighted by Gasteiger charge is -2.38. The fourth-order valence-corrected chi connectivity index (χ4v) is 3.07. The van der Waals surface area contributed by atoms with Crippen LogP contribution in [0.1, 0.15) is 40.5 Å². The third-order valence-corrected chi connectivity index (χ3v) is 3.46. The second-order valence-electron chi connectivity index (χ2n) is 3.87. The molecule has 1 saturated heterocycles. The Balaban J connectivity index is 2.51. The summed E-state index contributed by atoms with van der Waals surface area (Å²) in [5.74, 6) is 0. The van der Waals surface area contributed by atoms with Crippen LogP contribution in [0.3, 0.4) is 0 Å². The molecule has 0 aromatic heterocycles. The summed E-state index contributed by atoms with van der Waals surface area (Å²) in [5.41, 5.74) is 0.425. The summed E-state index contributed by atoms with van der Waals surface area (Å²) in [6.07, 6.45) is 2.74. The van der Waals surface area contributed by atoms with Crippen molar-refractivity contribution >= 4 is 11.8 Å². The van der Waals surface area contributed by atoms with Crippen molar-refractivity contribution in [1.82, 2.24) is 0 Å². The first-order valence-electron chi connectivity index (χ1n) is 4.37. The summed E-state index contributed by atoms with van der Waals surface area (Å²) < 4.78 is 6.15. The smallest absolute Gasteiger partial charge is 0.103 e.